The van der Waals surface area contributed by atoms with Gasteiger partial charge in [-0.2, -0.15) is 0 Å². The van der Waals surface area contributed by atoms with Crippen molar-refractivity contribution in [3.63, 3.8) is 0 Å². The van der Waals surface area contributed by atoms with Gasteiger partial charge in [-0.05, 0) is 38.1 Å². The summed E-state index contributed by atoms with van der Waals surface area (Å²) in [4.78, 5) is 12.3. The molecule has 0 aromatic heterocycles. The average molecular weight is 210 g/mol. The van der Waals surface area contributed by atoms with Crippen molar-refractivity contribution in [2.75, 3.05) is 13.1 Å². The summed E-state index contributed by atoms with van der Waals surface area (Å²) in [6.07, 6.45) is 4.61. The number of nitrogens with one attached hydrogen (secondary N) is 2. The standard InChI is InChI=1S/C12H22N2O/c1-9(2)12(6-7-13-8-12)11(15)14-10-4-3-5-10/h9-10,13H,3-8H2,1-2H3,(H,14,15). The van der Waals surface area contributed by atoms with Crippen molar-refractivity contribution in [2.24, 2.45) is 11.3 Å². The summed E-state index contributed by atoms with van der Waals surface area (Å²) in [7, 11) is 0. The molecule has 2 rings (SSSR count). The van der Waals surface area contributed by atoms with Crippen LogP contribution in [0.3, 0.4) is 0 Å². The zero-order valence-electron chi connectivity index (χ0n) is 9.81. The molecule has 0 radical (unpaired) electrons. The highest BCUT2D eigenvalue weighted by molar-refractivity contribution is 5.84. The lowest BCUT2D eigenvalue weighted by Crippen LogP contribution is -2.51. The van der Waals surface area contributed by atoms with E-state index in [-0.39, 0.29) is 11.3 Å². The molecule has 1 aliphatic carbocycles. The Morgan fingerprint density at radius 3 is 2.60 bits per heavy atom. The predicted octanol–water partition coefficient (Wildman–Crippen LogP) is 1.29. The number of hydrogen-bond acceptors (Lipinski definition) is 2. The average Bonchev–Trinajstić information content (AvgIpc) is 2.60. The molecule has 2 aliphatic rings. The largest absolute Gasteiger partial charge is 0.353 e. The molecule has 1 aliphatic heterocycles. The minimum absolute atomic E-state index is 0.143. The van der Waals surface area contributed by atoms with Gasteiger partial charge in [0.05, 0.1) is 5.41 Å². The topological polar surface area (TPSA) is 41.1 Å². The molecule has 1 heterocycles. The lowest BCUT2D eigenvalue weighted by Gasteiger charge is -2.35. The third kappa shape index (κ3) is 1.89. The Kier molecular flexibility index (Phi) is 3.01. The molecule has 3 nitrogen and oxygen atoms in total. The second kappa shape index (κ2) is 4.12. The van der Waals surface area contributed by atoms with E-state index in [0.717, 1.165) is 19.5 Å². The van der Waals surface area contributed by atoms with Crippen LogP contribution in [0.5, 0.6) is 0 Å². The van der Waals surface area contributed by atoms with Gasteiger partial charge >= 0.3 is 0 Å². The molecule has 0 aromatic carbocycles. The third-order valence-corrected chi connectivity index (χ3v) is 4.19. The molecule has 1 saturated carbocycles. The molecule has 1 unspecified atom stereocenters. The molecule has 2 fully saturated rings. The zero-order valence-corrected chi connectivity index (χ0v) is 9.81. The summed E-state index contributed by atoms with van der Waals surface area (Å²) >= 11 is 0. The first-order valence-electron chi connectivity index (χ1n) is 6.17. The van der Waals surface area contributed by atoms with E-state index in [1.807, 2.05) is 0 Å². The first-order chi connectivity index (χ1) is 7.15. The van der Waals surface area contributed by atoms with E-state index in [0.29, 0.717) is 12.0 Å². The fraction of sp³-hybridized carbons (Fsp3) is 0.917. The van der Waals surface area contributed by atoms with Crippen LogP contribution in [0, 0.1) is 11.3 Å². The first-order valence-corrected chi connectivity index (χ1v) is 6.17. The molecule has 1 atom stereocenters. The summed E-state index contributed by atoms with van der Waals surface area (Å²) in [6.45, 7) is 6.15. The van der Waals surface area contributed by atoms with Gasteiger partial charge in [0.2, 0.25) is 5.91 Å². The van der Waals surface area contributed by atoms with Crippen LogP contribution >= 0.6 is 0 Å². The fourth-order valence-electron chi connectivity index (χ4n) is 2.54. The summed E-state index contributed by atoms with van der Waals surface area (Å²) in [5.41, 5.74) is -0.143. The van der Waals surface area contributed by atoms with Crippen molar-refractivity contribution in [1.29, 1.82) is 0 Å². The number of hydrogen-bond donors (Lipinski definition) is 2. The number of amides is 1. The fourth-order valence-corrected chi connectivity index (χ4v) is 2.54. The van der Waals surface area contributed by atoms with Gasteiger partial charge < -0.3 is 10.6 Å². The highest BCUT2D eigenvalue weighted by Crippen LogP contribution is 2.35. The molecule has 0 spiro atoms. The second-order valence-electron chi connectivity index (χ2n) is 5.34. The lowest BCUT2D eigenvalue weighted by atomic mass is 9.75. The maximum Gasteiger partial charge on any atom is 0.228 e. The molecular formula is C12H22N2O. The SMILES string of the molecule is CC(C)C1(C(=O)NC2CCC2)CCNC1. The quantitative estimate of drug-likeness (QED) is 0.737. The van der Waals surface area contributed by atoms with E-state index in [2.05, 4.69) is 24.5 Å². The molecule has 0 aromatic rings. The monoisotopic (exact) mass is 210 g/mol. The van der Waals surface area contributed by atoms with E-state index in [1.165, 1.54) is 19.3 Å². The lowest BCUT2D eigenvalue weighted by molar-refractivity contribution is -0.133. The Morgan fingerprint density at radius 1 is 1.47 bits per heavy atom. The van der Waals surface area contributed by atoms with Crippen LogP contribution in [0.25, 0.3) is 0 Å². The molecule has 2 N–H and O–H groups in total. The van der Waals surface area contributed by atoms with Crippen molar-refractivity contribution in [2.45, 2.75) is 45.6 Å². The Bertz CT molecular complexity index is 240. The minimum Gasteiger partial charge on any atom is -0.353 e. The van der Waals surface area contributed by atoms with Gasteiger partial charge in [-0.3, -0.25) is 4.79 Å². The van der Waals surface area contributed by atoms with Crippen LogP contribution in [-0.4, -0.2) is 25.0 Å². The van der Waals surface area contributed by atoms with E-state index in [9.17, 15) is 4.79 Å². The van der Waals surface area contributed by atoms with E-state index >= 15 is 0 Å². The van der Waals surface area contributed by atoms with Crippen LogP contribution < -0.4 is 10.6 Å². The number of carbonyl (C=O) groups excluding carboxylic acids is 1. The zero-order chi connectivity index (χ0) is 10.9. The maximum atomic E-state index is 12.3. The Hall–Kier alpha value is -0.570. The van der Waals surface area contributed by atoms with E-state index < -0.39 is 0 Å². The summed E-state index contributed by atoms with van der Waals surface area (Å²) in [5, 5.41) is 6.53. The van der Waals surface area contributed by atoms with Crippen LogP contribution in [0.4, 0.5) is 0 Å². The smallest absolute Gasteiger partial charge is 0.228 e. The van der Waals surface area contributed by atoms with Crippen molar-refractivity contribution >= 4 is 5.91 Å². The van der Waals surface area contributed by atoms with E-state index in [4.69, 9.17) is 0 Å². The van der Waals surface area contributed by atoms with Gasteiger partial charge in [-0.15, -0.1) is 0 Å². The van der Waals surface area contributed by atoms with Gasteiger partial charge in [0.15, 0.2) is 0 Å². The third-order valence-electron chi connectivity index (χ3n) is 4.19. The van der Waals surface area contributed by atoms with Gasteiger partial charge in [-0.25, -0.2) is 0 Å². The predicted molar refractivity (Wildman–Crippen MR) is 60.5 cm³/mol. The highest BCUT2D eigenvalue weighted by Gasteiger charge is 2.44. The summed E-state index contributed by atoms with van der Waals surface area (Å²) in [5.74, 6) is 0.708. The normalized spacial score (nSPS) is 31.7. The summed E-state index contributed by atoms with van der Waals surface area (Å²) in [6, 6.07) is 0.466. The van der Waals surface area contributed by atoms with Crippen LogP contribution in [-0.2, 0) is 4.79 Å². The molecule has 15 heavy (non-hydrogen) atoms. The van der Waals surface area contributed by atoms with Gasteiger partial charge in [0.25, 0.3) is 0 Å². The first kappa shape index (κ1) is 10.9. The molecule has 1 saturated heterocycles. The molecule has 3 heteroatoms. The minimum atomic E-state index is -0.143. The maximum absolute atomic E-state index is 12.3. The molecule has 0 bridgehead atoms. The van der Waals surface area contributed by atoms with Gasteiger partial charge in [0, 0.05) is 12.6 Å². The van der Waals surface area contributed by atoms with Crippen molar-refractivity contribution in [3.05, 3.63) is 0 Å². The van der Waals surface area contributed by atoms with E-state index in [1.54, 1.807) is 0 Å². The molecular weight excluding hydrogens is 188 g/mol. The Labute approximate surface area is 92.0 Å². The van der Waals surface area contributed by atoms with Gasteiger partial charge in [-0.1, -0.05) is 13.8 Å². The van der Waals surface area contributed by atoms with Crippen LogP contribution in [0.1, 0.15) is 39.5 Å². The molecule has 86 valence electrons. The molecule has 1 amide bonds. The number of rotatable bonds is 3. The van der Waals surface area contributed by atoms with Crippen LogP contribution in [0.2, 0.25) is 0 Å². The summed E-state index contributed by atoms with van der Waals surface area (Å²) < 4.78 is 0. The Balaban J connectivity index is 2.00. The van der Waals surface area contributed by atoms with Gasteiger partial charge in [0.1, 0.15) is 0 Å². The van der Waals surface area contributed by atoms with Crippen LogP contribution in [0.15, 0.2) is 0 Å². The Morgan fingerprint density at radius 2 is 2.20 bits per heavy atom. The highest BCUT2D eigenvalue weighted by atomic mass is 16.2. The second-order valence-corrected chi connectivity index (χ2v) is 5.34. The van der Waals surface area contributed by atoms with Crippen molar-refractivity contribution in [3.8, 4) is 0 Å². The van der Waals surface area contributed by atoms with Crippen molar-refractivity contribution in [1.82, 2.24) is 10.6 Å². The number of carbonyl (C=O) groups is 1. The van der Waals surface area contributed by atoms with Crippen molar-refractivity contribution < 1.29 is 4.79 Å².